The maximum atomic E-state index is 11.7. The van der Waals surface area contributed by atoms with Gasteiger partial charge in [0.05, 0.1) is 24.2 Å². The van der Waals surface area contributed by atoms with Crippen molar-refractivity contribution in [2.24, 2.45) is 0 Å². The van der Waals surface area contributed by atoms with Crippen LogP contribution < -0.4 is 11.0 Å². The van der Waals surface area contributed by atoms with Crippen LogP contribution in [0.5, 0.6) is 0 Å². The van der Waals surface area contributed by atoms with Gasteiger partial charge >= 0.3 is 11.9 Å². The molecule has 0 heterocycles. The van der Waals surface area contributed by atoms with Crippen molar-refractivity contribution < 1.29 is 19.3 Å². The lowest BCUT2D eigenvalue weighted by Crippen LogP contribution is -2.14. The first kappa shape index (κ1) is 17.1. The number of carbonyl (C=O) groups is 2. The lowest BCUT2D eigenvalue weighted by molar-refractivity contribution is -0.140. The van der Waals surface area contributed by atoms with Gasteiger partial charge in [-0.15, -0.1) is 0 Å². The fourth-order valence-electron chi connectivity index (χ4n) is 1.79. The molecule has 0 amide bonds. The van der Waals surface area contributed by atoms with E-state index in [1.54, 1.807) is 24.3 Å². The predicted octanol–water partition coefficient (Wildman–Crippen LogP) is 3.46. The van der Waals surface area contributed by atoms with Crippen LogP contribution in [0.25, 0.3) is 0 Å². The first-order chi connectivity index (χ1) is 11.6. The minimum atomic E-state index is -0.535. The molecule has 0 saturated carbocycles. The molecule has 0 fully saturated rings. The van der Waals surface area contributed by atoms with Gasteiger partial charge in [-0.05, 0) is 24.3 Å². The molecule has 0 saturated heterocycles. The van der Waals surface area contributed by atoms with Crippen LogP contribution in [0.15, 0.2) is 72.8 Å². The number of carbonyl (C=O) groups excluding carboxylic acids is 2. The number of para-hydroxylation sites is 2. The van der Waals surface area contributed by atoms with E-state index in [1.165, 1.54) is 0 Å². The van der Waals surface area contributed by atoms with Gasteiger partial charge in [0.15, 0.2) is 0 Å². The van der Waals surface area contributed by atoms with Crippen molar-refractivity contribution in [3.05, 3.63) is 72.8 Å². The predicted molar refractivity (Wildman–Crippen MR) is 90.7 cm³/mol. The Kier molecular flexibility index (Phi) is 6.40. The number of anilines is 2. The maximum absolute atomic E-state index is 11.7. The molecule has 0 radical (unpaired) electrons. The molecule has 0 atom stereocenters. The molecular weight excluding hydrogens is 308 g/mol. The van der Waals surface area contributed by atoms with E-state index in [9.17, 15) is 9.59 Å². The summed E-state index contributed by atoms with van der Waals surface area (Å²) < 4.78 is 0. The molecule has 0 aliphatic heterocycles. The van der Waals surface area contributed by atoms with Crippen LogP contribution in [0.2, 0.25) is 0 Å². The Morgan fingerprint density at radius 2 is 1.12 bits per heavy atom. The van der Waals surface area contributed by atoms with Gasteiger partial charge in [0.2, 0.25) is 0 Å². The van der Waals surface area contributed by atoms with Gasteiger partial charge < -0.3 is 9.68 Å². The lowest BCUT2D eigenvalue weighted by atomic mass is 10.1. The average molecular weight is 326 g/mol. The summed E-state index contributed by atoms with van der Waals surface area (Å²) in [5.74, 6) is -1.07. The largest absolute Gasteiger partial charge is 0.343 e. The fraction of sp³-hybridized carbons (Fsp3) is 0.111. The van der Waals surface area contributed by atoms with Crippen molar-refractivity contribution in [3.8, 4) is 0 Å². The first-order valence-electron chi connectivity index (χ1n) is 7.31. The second-order valence-corrected chi connectivity index (χ2v) is 4.99. The molecule has 2 aromatic rings. The van der Waals surface area contributed by atoms with Crippen molar-refractivity contribution in [2.75, 3.05) is 11.0 Å². The Hall–Kier alpha value is -3.28. The number of hydrogen-bond acceptors (Lipinski definition) is 6. The Balaban J connectivity index is 1.66. The highest BCUT2D eigenvalue weighted by atomic mass is 16.7. The molecule has 6 heteroatoms. The molecule has 0 spiro atoms. The molecule has 0 unspecified atom stereocenters. The second-order valence-electron chi connectivity index (χ2n) is 4.99. The SMILES string of the molecule is C=C(CC(=O)ONc1ccccc1)CC(=O)ONc1ccccc1. The molecule has 0 aromatic heterocycles. The standard InChI is InChI=1S/C18H18N2O4/c1-14(12-17(21)23-19-15-8-4-2-5-9-15)13-18(22)24-20-16-10-6-3-7-11-16/h2-11,19-20H,1,12-13H2. The maximum Gasteiger partial charge on any atom is 0.336 e. The van der Waals surface area contributed by atoms with Crippen molar-refractivity contribution >= 4 is 23.3 Å². The van der Waals surface area contributed by atoms with Crippen molar-refractivity contribution in [1.82, 2.24) is 0 Å². The van der Waals surface area contributed by atoms with Gasteiger partial charge in [0, 0.05) is 0 Å². The van der Waals surface area contributed by atoms with E-state index in [4.69, 9.17) is 9.68 Å². The molecule has 2 rings (SSSR count). The molecular formula is C18H18N2O4. The van der Waals surface area contributed by atoms with Crippen LogP contribution in [0.3, 0.4) is 0 Å². The Morgan fingerprint density at radius 1 is 0.750 bits per heavy atom. The topological polar surface area (TPSA) is 76.7 Å². The minimum absolute atomic E-state index is 0.0831. The average Bonchev–Trinajstić information content (AvgIpc) is 2.60. The molecule has 0 bridgehead atoms. The third-order valence-corrected chi connectivity index (χ3v) is 2.90. The van der Waals surface area contributed by atoms with Crippen molar-refractivity contribution in [2.45, 2.75) is 12.8 Å². The summed E-state index contributed by atoms with van der Waals surface area (Å²) in [5.41, 5.74) is 6.77. The molecule has 6 nitrogen and oxygen atoms in total. The molecule has 0 aliphatic rings. The van der Waals surface area contributed by atoms with Crippen LogP contribution in [-0.2, 0) is 19.3 Å². The Bertz CT molecular complexity index is 627. The van der Waals surface area contributed by atoms with Crippen LogP contribution in [-0.4, -0.2) is 11.9 Å². The Morgan fingerprint density at radius 3 is 1.50 bits per heavy atom. The summed E-state index contributed by atoms with van der Waals surface area (Å²) in [6.45, 7) is 3.69. The Labute approximate surface area is 140 Å². The van der Waals surface area contributed by atoms with Crippen LogP contribution in [0.1, 0.15) is 12.8 Å². The summed E-state index contributed by atoms with van der Waals surface area (Å²) in [7, 11) is 0. The molecule has 124 valence electrons. The minimum Gasteiger partial charge on any atom is -0.343 e. The third-order valence-electron chi connectivity index (χ3n) is 2.90. The molecule has 2 N–H and O–H groups in total. The van der Waals surface area contributed by atoms with E-state index in [0.717, 1.165) is 0 Å². The zero-order chi connectivity index (χ0) is 17.2. The number of nitrogens with one attached hydrogen (secondary N) is 2. The van der Waals surface area contributed by atoms with Gasteiger partial charge in [0.25, 0.3) is 0 Å². The van der Waals surface area contributed by atoms with E-state index in [1.807, 2.05) is 36.4 Å². The number of benzene rings is 2. The molecule has 24 heavy (non-hydrogen) atoms. The number of hydrogen-bond donors (Lipinski definition) is 2. The quantitative estimate of drug-likeness (QED) is 0.571. The summed E-state index contributed by atoms with van der Waals surface area (Å²) in [6, 6.07) is 18.0. The summed E-state index contributed by atoms with van der Waals surface area (Å²) in [4.78, 5) is 33.1. The van der Waals surface area contributed by atoms with E-state index in [0.29, 0.717) is 16.9 Å². The summed E-state index contributed by atoms with van der Waals surface area (Å²) >= 11 is 0. The highest BCUT2D eigenvalue weighted by Crippen LogP contribution is 2.10. The van der Waals surface area contributed by atoms with E-state index < -0.39 is 11.9 Å². The summed E-state index contributed by atoms with van der Waals surface area (Å²) in [5, 5.41) is 0. The van der Waals surface area contributed by atoms with Gasteiger partial charge in [-0.3, -0.25) is 0 Å². The monoisotopic (exact) mass is 326 g/mol. The molecule has 0 aliphatic carbocycles. The zero-order valence-corrected chi connectivity index (χ0v) is 13.0. The lowest BCUT2D eigenvalue weighted by Gasteiger charge is -2.09. The smallest absolute Gasteiger partial charge is 0.336 e. The van der Waals surface area contributed by atoms with E-state index in [-0.39, 0.29) is 12.8 Å². The van der Waals surface area contributed by atoms with Gasteiger partial charge in [0.1, 0.15) is 0 Å². The van der Waals surface area contributed by atoms with Gasteiger partial charge in [-0.25, -0.2) is 20.5 Å². The van der Waals surface area contributed by atoms with Crippen molar-refractivity contribution in [3.63, 3.8) is 0 Å². The summed E-state index contributed by atoms with van der Waals surface area (Å²) in [6.07, 6.45) is -0.166. The van der Waals surface area contributed by atoms with E-state index >= 15 is 0 Å². The second kappa shape index (κ2) is 8.99. The highest BCUT2D eigenvalue weighted by molar-refractivity contribution is 5.78. The number of rotatable bonds is 8. The molecule has 2 aromatic carbocycles. The van der Waals surface area contributed by atoms with E-state index in [2.05, 4.69) is 17.5 Å². The van der Waals surface area contributed by atoms with Gasteiger partial charge in [-0.2, -0.15) is 0 Å². The van der Waals surface area contributed by atoms with Crippen LogP contribution in [0.4, 0.5) is 11.4 Å². The first-order valence-corrected chi connectivity index (χ1v) is 7.31. The van der Waals surface area contributed by atoms with Gasteiger partial charge in [-0.1, -0.05) is 48.6 Å². The van der Waals surface area contributed by atoms with Crippen LogP contribution in [0, 0.1) is 0 Å². The van der Waals surface area contributed by atoms with Crippen LogP contribution >= 0.6 is 0 Å². The third kappa shape index (κ3) is 6.23. The zero-order valence-electron chi connectivity index (χ0n) is 13.0. The fourth-order valence-corrected chi connectivity index (χ4v) is 1.79. The highest BCUT2D eigenvalue weighted by Gasteiger charge is 2.12. The van der Waals surface area contributed by atoms with Crippen molar-refractivity contribution in [1.29, 1.82) is 0 Å². The normalized spacial score (nSPS) is 9.67.